The first-order chi connectivity index (χ1) is 15.0. The fourth-order valence-electron chi connectivity index (χ4n) is 3.61. The van der Waals surface area contributed by atoms with Crippen LogP contribution in [-0.4, -0.2) is 29.8 Å². The predicted octanol–water partition coefficient (Wildman–Crippen LogP) is 4.58. The van der Waals surface area contributed by atoms with E-state index in [1.54, 1.807) is 24.1 Å². The normalized spacial score (nSPS) is 11.6. The van der Waals surface area contributed by atoms with Crippen molar-refractivity contribution in [2.75, 3.05) is 7.05 Å². The molecular weight excluding hydrogens is 408 g/mol. The monoisotopic (exact) mass is 434 g/mol. The summed E-state index contributed by atoms with van der Waals surface area (Å²) in [7, 11) is 1.60. The van der Waals surface area contributed by atoms with Gasteiger partial charge in [-0.25, -0.2) is 0 Å². The first-order valence-corrected chi connectivity index (χ1v) is 10.7. The van der Waals surface area contributed by atoms with Crippen LogP contribution >= 0.6 is 11.6 Å². The Bertz CT molecular complexity index is 1040. The quantitative estimate of drug-likeness (QED) is 0.564. The van der Waals surface area contributed by atoms with E-state index in [9.17, 15) is 9.59 Å². The Morgan fingerprint density at radius 2 is 1.61 bits per heavy atom. The maximum atomic E-state index is 13.5. The first-order valence-electron chi connectivity index (χ1n) is 10.3. The van der Waals surface area contributed by atoms with Crippen molar-refractivity contribution in [3.8, 4) is 0 Å². The van der Waals surface area contributed by atoms with E-state index in [0.717, 1.165) is 22.3 Å². The van der Waals surface area contributed by atoms with E-state index in [4.69, 9.17) is 11.6 Å². The van der Waals surface area contributed by atoms with Crippen LogP contribution in [0.3, 0.4) is 0 Å². The van der Waals surface area contributed by atoms with E-state index in [-0.39, 0.29) is 18.2 Å². The van der Waals surface area contributed by atoms with Crippen molar-refractivity contribution in [3.05, 3.63) is 106 Å². The molecule has 31 heavy (non-hydrogen) atoms. The molecule has 2 amide bonds. The fraction of sp³-hybridized carbons (Fsp3) is 0.231. The van der Waals surface area contributed by atoms with Crippen molar-refractivity contribution >= 4 is 23.4 Å². The van der Waals surface area contributed by atoms with E-state index in [1.807, 2.05) is 73.7 Å². The van der Waals surface area contributed by atoms with Gasteiger partial charge in [-0.2, -0.15) is 0 Å². The summed E-state index contributed by atoms with van der Waals surface area (Å²) in [5.41, 5.74) is 3.92. The molecule has 0 aliphatic carbocycles. The van der Waals surface area contributed by atoms with E-state index in [0.29, 0.717) is 18.0 Å². The van der Waals surface area contributed by atoms with E-state index in [1.165, 1.54) is 0 Å². The standard InChI is InChI=1S/C26H27ClN2O2/c1-19-9-6-7-13-22(19)18-29(25(30)17-21-12-8-14-23(27)15-21)24(26(31)28-2)16-20-10-4-3-5-11-20/h3-15,24H,16-18H2,1-2H3,(H,28,31)/t24-/m0/s1. The molecule has 0 saturated carbocycles. The third-order valence-corrected chi connectivity index (χ3v) is 5.60. The molecule has 0 spiro atoms. The van der Waals surface area contributed by atoms with Gasteiger partial charge in [-0.3, -0.25) is 9.59 Å². The maximum Gasteiger partial charge on any atom is 0.242 e. The molecule has 0 unspecified atom stereocenters. The highest BCUT2D eigenvalue weighted by Gasteiger charge is 2.30. The average molecular weight is 435 g/mol. The molecule has 0 radical (unpaired) electrons. The summed E-state index contributed by atoms with van der Waals surface area (Å²) in [6.07, 6.45) is 0.613. The fourth-order valence-corrected chi connectivity index (χ4v) is 3.83. The van der Waals surface area contributed by atoms with Crippen molar-refractivity contribution < 1.29 is 9.59 Å². The molecule has 0 aliphatic heterocycles. The largest absolute Gasteiger partial charge is 0.357 e. The third-order valence-electron chi connectivity index (χ3n) is 5.36. The van der Waals surface area contributed by atoms with Crippen molar-refractivity contribution in [3.63, 3.8) is 0 Å². The smallest absolute Gasteiger partial charge is 0.242 e. The number of nitrogens with zero attached hydrogens (tertiary/aromatic N) is 1. The van der Waals surface area contributed by atoms with Crippen molar-refractivity contribution in [2.45, 2.75) is 32.4 Å². The highest BCUT2D eigenvalue weighted by atomic mass is 35.5. The van der Waals surface area contributed by atoms with Gasteiger partial charge in [0.25, 0.3) is 0 Å². The molecule has 0 heterocycles. The minimum Gasteiger partial charge on any atom is -0.357 e. The Hall–Kier alpha value is -3.11. The van der Waals surface area contributed by atoms with Gasteiger partial charge in [-0.05, 0) is 41.3 Å². The first kappa shape index (κ1) is 22.6. The SMILES string of the molecule is CNC(=O)[C@H](Cc1ccccc1)N(Cc1ccccc1C)C(=O)Cc1cccc(Cl)c1. The third kappa shape index (κ3) is 6.19. The number of rotatable bonds is 8. The van der Waals surface area contributed by atoms with Gasteiger partial charge in [0.05, 0.1) is 6.42 Å². The van der Waals surface area contributed by atoms with Gasteiger partial charge in [0.1, 0.15) is 6.04 Å². The summed E-state index contributed by atoms with van der Waals surface area (Å²) in [6, 6.07) is 24.4. The van der Waals surface area contributed by atoms with Gasteiger partial charge in [-0.1, -0.05) is 78.3 Å². The Morgan fingerprint density at radius 1 is 0.935 bits per heavy atom. The lowest BCUT2D eigenvalue weighted by atomic mass is 10.0. The van der Waals surface area contributed by atoms with Gasteiger partial charge < -0.3 is 10.2 Å². The summed E-state index contributed by atoms with van der Waals surface area (Å²) >= 11 is 6.11. The Balaban J connectivity index is 1.95. The lowest BCUT2D eigenvalue weighted by Gasteiger charge is -2.31. The molecule has 0 saturated heterocycles. The van der Waals surface area contributed by atoms with Crippen LogP contribution in [0.1, 0.15) is 22.3 Å². The number of carbonyl (C=O) groups is 2. The molecule has 3 aromatic rings. The predicted molar refractivity (Wildman–Crippen MR) is 125 cm³/mol. The van der Waals surface area contributed by atoms with Gasteiger partial charge in [0.2, 0.25) is 11.8 Å². The Morgan fingerprint density at radius 3 is 2.29 bits per heavy atom. The zero-order valence-corrected chi connectivity index (χ0v) is 18.6. The van der Waals surface area contributed by atoms with Crippen LogP contribution in [0.5, 0.6) is 0 Å². The Labute approximate surface area is 188 Å². The van der Waals surface area contributed by atoms with Crippen LogP contribution in [-0.2, 0) is 29.0 Å². The number of aryl methyl sites for hydroxylation is 1. The van der Waals surface area contributed by atoms with Crippen molar-refractivity contribution in [2.24, 2.45) is 0 Å². The topological polar surface area (TPSA) is 49.4 Å². The highest BCUT2D eigenvalue weighted by molar-refractivity contribution is 6.30. The number of hydrogen-bond donors (Lipinski definition) is 1. The second kappa shape index (κ2) is 10.8. The van der Waals surface area contributed by atoms with Crippen molar-refractivity contribution in [1.82, 2.24) is 10.2 Å². The number of nitrogens with one attached hydrogen (secondary N) is 1. The average Bonchev–Trinajstić information content (AvgIpc) is 2.77. The van der Waals surface area contributed by atoms with Crippen LogP contribution in [0.4, 0.5) is 0 Å². The van der Waals surface area contributed by atoms with Gasteiger partial charge in [-0.15, -0.1) is 0 Å². The molecular formula is C26H27ClN2O2. The number of halogens is 1. The zero-order valence-electron chi connectivity index (χ0n) is 17.8. The van der Waals surface area contributed by atoms with E-state index < -0.39 is 6.04 Å². The van der Waals surface area contributed by atoms with Gasteiger partial charge in [0, 0.05) is 25.0 Å². The molecule has 5 heteroatoms. The zero-order chi connectivity index (χ0) is 22.2. The molecule has 0 aromatic heterocycles. The number of amides is 2. The highest BCUT2D eigenvalue weighted by Crippen LogP contribution is 2.19. The molecule has 0 bridgehead atoms. The number of benzene rings is 3. The van der Waals surface area contributed by atoms with E-state index in [2.05, 4.69) is 5.32 Å². The maximum absolute atomic E-state index is 13.5. The van der Waals surface area contributed by atoms with Crippen LogP contribution in [0.15, 0.2) is 78.9 Å². The number of hydrogen-bond acceptors (Lipinski definition) is 2. The lowest BCUT2D eigenvalue weighted by molar-refractivity contribution is -0.140. The summed E-state index contributed by atoms with van der Waals surface area (Å²) in [6.45, 7) is 2.37. The molecule has 4 nitrogen and oxygen atoms in total. The van der Waals surface area contributed by atoms with Crippen molar-refractivity contribution in [1.29, 1.82) is 0 Å². The second-order valence-electron chi connectivity index (χ2n) is 7.57. The van der Waals surface area contributed by atoms with E-state index >= 15 is 0 Å². The molecule has 3 rings (SSSR count). The van der Waals surface area contributed by atoms with Crippen LogP contribution in [0.25, 0.3) is 0 Å². The minimum absolute atomic E-state index is 0.116. The molecule has 1 N–H and O–H groups in total. The molecule has 160 valence electrons. The van der Waals surface area contributed by atoms with Crippen LogP contribution in [0.2, 0.25) is 5.02 Å². The van der Waals surface area contributed by atoms with Crippen LogP contribution < -0.4 is 5.32 Å². The number of carbonyl (C=O) groups excluding carboxylic acids is 2. The summed E-state index contributed by atoms with van der Waals surface area (Å²) in [4.78, 5) is 28.1. The molecule has 0 aliphatic rings. The molecule has 0 fully saturated rings. The molecule has 1 atom stereocenters. The Kier molecular flexibility index (Phi) is 7.85. The van der Waals surface area contributed by atoms with Crippen LogP contribution in [0, 0.1) is 6.92 Å². The molecule has 3 aromatic carbocycles. The second-order valence-corrected chi connectivity index (χ2v) is 8.01. The van der Waals surface area contributed by atoms with Gasteiger partial charge >= 0.3 is 0 Å². The van der Waals surface area contributed by atoms with Gasteiger partial charge in [0.15, 0.2) is 0 Å². The number of likely N-dealkylation sites (N-methyl/N-ethyl adjacent to an activating group) is 1. The summed E-state index contributed by atoms with van der Waals surface area (Å²) in [5.74, 6) is -0.299. The lowest BCUT2D eigenvalue weighted by Crippen LogP contribution is -2.50. The summed E-state index contributed by atoms with van der Waals surface area (Å²) in [5, 5.41) is 3.33. The minimum atomic E-state index is -0.626. The summed E-state index contributed by atoms with van der Waals surface area (Å²) < 4.78 is 0.